The lowest BCUT2D eigenvalue weighted by atomic mass is 10.1. The second-order valence-electron chi connectivity index (χ2n) is 6.28. The molecule has 0 spiro atoms. The highest BCUT2D eigenvalue weighted by Crippen LogP contribution is 2.34. The van der Waals surface area contributed by atoms with E-state index in [0.717, 1.165) is 18.7 Å². The third-order valence-electron chi connectivity index (χ3n) is 4.88. The van der Waals surface area contributed by atoms with Gasteiger partial charge in [0.2, 0.25) is 0 Å². The Morgan fingerprint density at radius 3 is 2.58 bits per heavy atom. The number of rotatable bonds is 3. The highest BCUT2D eigenvalue weighted by molar-refractivity contribution is 5.35. The molecule has 2 aromatic rings. The minimum Gasteiger partial charge on any atom is -0.375 e. The van der Waals surface area contributed by atoms with Crippen molar-refractivity contribution in [2.24, 2.45) is 5.92 Å². The molecule has 3 heterocycles. The van der Waals surface area contributed by atoms with Gasteiger partial charge in [0.05, 0.1) is 30.5 Å². The summed E-state index contributed by atoms with van der Waals surface area (Å²) >= 11 is 0. The van der Waals surface area contributed by atoms with E-state index in [1.54, 1.807) is 0 Å². The molecule has 2 aliphatic heterocycles. The molecule has 2 bridgehead atoms. The smallest absolute Gasteiger partial charge is 0.375 e. The van der Waals surface area contributed by atoms with Gasteiger partial charge in [-0.05, 0) is 34.7 Å². The van der Waals surface area contributed by atoms with Crippen LogP contribution in [0, 0.1) is 5.92 Å². The second-order valence-corrected chi connectivity index (χ2v) is 6.28. The Morgan fingerprint density at radius 2 is 2.00 bits per heavy atom. The zero-order valence-corrected chi connectivity index (χ0v) is 12.9. The lowest BCUT2D eigenvalue weighted by Crippen LogP contribution is -2.37. The molecule has 0 aliphatic carbocycles. The van der Waals surface area contributed by atoms with Gasteiger partial charge in [-0.2, -0.15) is 17.9 Å². The van der Waals surface area contributed by atoms with Crippen molar-refractivity contribution in [2.75, 3.05) is 13.2 Å². The second kappa shape index (κ2) is 5.52. The quantitative estimate of drug-likeness (QED) is 0.855. The van der Waals surface area contributed by atoms with Gasteiger partial charge in [-0.25, -0.2) is 0 Å². The van der Waals surface area contributed by atoms with Crippen molar-refractivity contribution in [3.63, 3.8) is 0 Å². The van der Waals surface area contributed by atoms with Crippen LogP contribution in [0.3, 0.4) is 0 Å². The number of benzene rings is 1. The van der Waals surface area contributed by atoms with Crippen LogP contribution in [0.2, 0.25) is 0 Å². The summed E-state index contributed by atoms with van der Waals surface area (Å²) in [7, 11) is 0. The molecule has 2 fully saturated rings. The lowest BCUT2D eigenvalue weighted by Gasteiger charge is -2.26. The minimum absolute atomic E-state index is 0.241. The highest BCUT2D eigenvalue weighted by atomic mass is 19.4. The fourth-order valence-electron chi connectivity index (χ4n) is 3.46. The molecular weight excluding hydrogens is 323 g/mol. The maximum Gasteiger partial charge on any atom is 0.416 e. The maximum atomic E-state index is 12.7. The zero-order valence-electron chi connectivity index (χ0n) is 12.9. The molecule has 9 heteroatoms. The van der Waals surface area contributed by atoms with Crippen molar-refractivity contribution in [1.29, 1.82) is 0 Å². The van der Waals surface area contributed by atoms with Gasteiger partial charge < -0.3 is 4.74 Å². The largest absolute Gasteiger partial charge is 0.416 e. The first-order chi connectivity index (χ1) is 11.4. The number of ether oxygens (including phenoxy) is 1. The Balaban J connectivity index is 1.55. The molecule has 1 aromatic heterocycles. The Morgan fingerprint density at radius 1 is 1.25 bits per heavy atom. The van der Waals surface area contributed by atoms with Crippen LogP contribution in [0.5, 0.6) is 0 Å². The van der Waals surface area contributed by atoms with E-state index in [-0.39, 0.29) is 6.10 Å². The van der Waals surface area contributed by atoms with E-state index < -0.39 is 11.7 Å². The average molecular weight is 339 g/mol. The van der Waals surface area contributed by atoms with E-state index in [9.17, 15) is 13.2 Å². The van der Waals surface area contributed by atoms with Crippen LogP contribution >= 0.6 is 0 Å². The Bertz CT molecular complexity index is 729. The van der Waals surface area contributed by atoms with E-state index in [1.165, 1.54) is 16.8 Å². The third kappa shape index (κ3) is 2.57. The van der Waals surface area contributed by atoms with Gasteiger partial charge in [0, 0.05) is 18.5 Å². The van der Waals surface area contributed by atoms with Crippen molar-refractivity contribution < 1.29 is 17.9 Å². The van der Waals surface area contributed by atoms with E-state index >= 15 is 0 Å². The summed E-state index contributed by atoms with van der Waals surface area (Å²) in [5.41, 5.74) is -0.180. The summed E-state index contributed by atoms with van der Waals surface area (Å²) in [6.07, 6.45) is -4.11. The summed E-state index contributed by atoms with van der Waals surface area (Å²) in [5.74, 6) is 1.08. The van der Waals surface area contributed by atoms with Gasteiger partial charge in [0.25, 0.3) is 0 Å². The summed E-state index contributed by atoms with van der Waals surface area (Å²) in [6, 6.07) is 5.17. The summed E-state index contributed by atoms with van der Waals surface area (Å²) in [6.45, 7) is 4.24. The van der Waals surface area contributed by atoms with Crippen molar-refractivity contribution in [3.05, 3.63) is 35.7 Å². The van der Waals surface area contributed by atoms with Crippen molar-refractivity contribution in [1.82, 2.24) is 25.1 Å². The van der Waals surface area contributed by atoms with Gasteiger partial charge in [-0.15, -0.1) is 5.10 Å². The molecule has 0 unspecified atom stereocenters. The SMILES string of the molecule is C[C@H]1[C@H]2CO[C@@H]1CN2Cc1nnnn1-c1ccc(C(F)(F)F)cc1. The predicted octanol–water partition coefficient (Wildman–Crippen LogP) is 1.90. The van der Waals surface area contributed by atoms with Gasteiger partial charge in [0.15, 0.2) is 5.82 Å². The van der Waals surface area contributed by atoms with Crippen molar-refractivity contribution in [3.8, 4) is 5.69 Å². The topological polar surface area (TPSA) is 56.1 Å². The first-order valence-corrected chi connectivity index (χ1v) is 7.74. The summed E-state index contributed by atoms with van der Waals surface area (Å²) in [4.78, 5) is 2.27. The van der Waals surface area contributed by atoms with Gasteiger partial charge in [0.1, 0.15) is 0 Å². The van der Waals surface area contributed by atoms with Crippen LogP contribution in [0.25, 0.3) is 5.69 Å². The number of hydrogen-bond donors (Lipinski definition) is 0. The highest BCUT2D eigenvalue weighted by Gasteiger charge is 2.45. The molecule has 128 valence electrons. The number of fused-ring (bicyclic) bond motifs is 2. The Labute approximate surface area is 136 Å². The monoisotopic (exact) mass is 339 g/mol. The molecule has 6 nitrogen and oxygen atoms in total. The summed E-state index contributed by atoms with van der Waals surface area (Å²) < 4.78 is 45.2. The lowest BCUT2D eigenvalue weighted by molar-refractivity contribution is -0.137. The minimum atomic E-state index is -4.35. The molecule has 0 radical (unpaired) electrons. The molecule has 4 rings (SSSR count). The number of morpholine rings is 1. The maximum absolute atomic E-state index is 12.7. The molecule has 0 amide bonds. The molecule has 0 N–H and O–H groups in total. The number of halogens is 3. The predicted molar refractivity (Wildman–Crippen MR) is 77.3 cm³/mol. The van der Waals surface area contributed by atoms with Crippen LogP contribution in [0.4, 0.5) is 13.2 Å². The van der Waals surface area contributed by atoms with Crippen LogP contribution in [0.15, 0.2) is 24.3 Å². The van der Waals surface area contributed by atoms with Crippen LogP contribution in [-0.4, -0.2) is 50.4 Å². The van der Waals surface area contributed by atoms with E-state index in [2.05, 4.69) is 27.3 Å². The van der Waals surface area contributed by atoms with Crippen molar-refractivity contribution >= 4 is 0 Å². The third-order valence-corrected chi connectivity index (χ3v) is 4.88. The zero-order chi connectivity index (χ0) is 16.9. The fourth-order valence-corrected chi connectivity index (χ4v) is 3.46. The fraction of sp³-hybridized carbons (Fsp3) is 0.533. The Hall–Kier alpha value is -2.00. The van der Waals surface area contributed by atoms with E-state index in [1.807, 2.05) is 0 Å². The molecule has 2 aliphatic rings. The molecule has 1 aromatic carbocycles. The first-order valence-electron chi connectivity index (χ1n) is 7.74. The molecule has 3 atom stereocenters. The number of hydrogen-bond acceptors (Lipinski definition) is 5. The Kier molecular flexibility index (Phi) is 3.57. The molecule has 0 saturated carbocycles. The van der Waals surface area contributed by atoms with E-state index in [0.29, 0.717) is 36.6 Å². The van der Waals surface area contributed by atoms with Gasteiger partial charge in [-0.1, -0.05) is 6.92 Å². The number of nitrogens with zero attached hydrogens (tertiary/aromatic N) is 5. The molecule has 2 saturated heterocycles. The van der Waals surface area contributed by atoms with Crippen LogP contribution < -0.4 is 0 Å². The summed E-state index contributed by atoms with van der Waals surface area (Å²) in [5, 5.41) is 11.6. The van der Waals surface area contributed by atoms with Gasteiger partial charge >= 0.3 is 6.18 Å². The standard InChI is InChI=1S/C15H16F3N5O/c1-9-12-8-24-13(9)6-22(12)7-14-19-20-21-23(14)11-4-2-10(3-5-11)15(16,17)18/h2-5,9,12-13H,6-8H2,1H3/t9-,12+,13+/m0/s1. The number of likely N-dealkylation sites (tertiary alicyclic amines) is 1. The van der Waals surface area contributed by atoms with Crippen LogP contribution in [0.1, 0.15) is 18.3 Å². The molecule has 24 heavy (non-hydrogen) atoms. The number of tetrazole rings is 1. The first kappa shape index (κ1) is 15.5. The number of aromatic nitrogens is 4. The number of alkyl halides is 3. The van der Waals surface area contributed by atoms with Crippen LogP contribution in [-0.2, 0) is 17.5 Å². The van der Waals surface area contributed by atoms with Crippen molar-refractivity contribution in [2.45, 2.75) is 31.8 Å². The molecular formula is C15H16F3N5O. The van der Waals surface area contributed by atoms with E-state index in [4.69, 9.17) is 4.74 Å². The van der Waals surface area contributed by atoms with Gasteiger partial charge in [-0.3, -0.25) is 4.90 Å². The normalized spacial score (nSPS) is 27.1. The average Bonchev–Trinajstić information content (AvgIpc) is 3.22.